The van der Waals surface area contributed by atoms with Gasteiger partial charge in [-0.05, 0) is 54.6 Å². The zero-order valence-corrected chi connectivity index (χ0v) is 19.6. The molecule has 0 atom stereocenters. The van der Waals surface area contributed by atoms with Crippen molar-refractivity contribution >= 4 is 63.5 Å². The Morgan fingerprint density at radius 2 is 1.65 bits per heavy atom. The molecule has 0 radical (unpaired) electrons. The molecular formula is C25H15Cl3N4O2. The average molecular weight is 510 g/mol. The van der Waals surface area contributed by atoms with Gasteiger partial charge in [-0.25, -0.2) is 0 Å². The minimum absolute atomic E-state index is 0.352. The number of carbonyl (C=O) groups excluding carboxylic acids is 1. The molecule has 0 bridgehead atoms. The Morgan fingerprint density at radius 1 is 0.882 bits per heavy atom. The lowest BCUT2D eigenvalue weighted by Crippen LogP contribution is -2.08. The molecule has 0 unspecified atom stereocenters. The zero-order valence-electron chi connectivity index (χ0n) is 17.4. The number of hydrogen-bond donors (Lipinski definition) is 1. The Bertz CT molecular complexity index is 1540. The first-order valence-electron chi connectivity index (χ1n) is 10.1. The summed E-state index contributed by atoms with van der Waals surface area (Å²) in [4.78, 5) is 14.0. The monoisotopic (exact) mass is 508 g/mol. The number of hydrogen-bond acceptors (Lipinski definition) is 4. The molecule has 2 heterocycles. The summed E-state index contributed by atoms with van der Waals surface area (Å²) >= 11 is 18.7. The first kappa shape index (κ1) is 22.2. The molecule has 168 valence electrons. The third kappa shape index (κ3) is 4.56. The Kier molecular flexibility index (Phi) is 6.11. The molecule has 5 rings (SSSR count). The molecule has 0 fully saturated rings. The van der Waals surface area contributed by atoms with E-state index in [0.29, 0.717) is 48.9 Å². The molecule has 1 N–H and O–H groups in total. The summed E-state index contributed by atoms with van der Waals surface area (Å²) in [6.45, 7) is 0. The van der Waals surface area contributed by atoms with Gasteiger partial charge in [0.2, 0.25) is 5.91 Å². The maximum absolute atomic E-state index is 12.5. The molecule has 0 saturated carbocycles. The number of fused-ring (bicyclic) bond motifs is 1. The van der Waals surface area contributed by atoms with E-state index in [1.54, 1.807) is 48.5 Å². The molecule has 0 aliphatic carbocycles. The van der Waals surface area contributed by atoms with Crippen LogP contribution in [-0.4, -0.2) is 20.9 Å². The van der Waals surface area contributed by atoms with Crippen LogP contribution < -0.4 is 5.32 Å². The molecule has 6 nitrogen and oxygen atoms in total. The summed E-state index contributed by atoms with van der Waals surface area (Å²) in [5.41, 5.74) is 3.13. The maximum atomic E-state index is 12.5. The molecule has 0 aliphatic heterocycles. The molecule has 9 heteroatoms. The van der Waals surface area contributed by atoms with Crippen LogP contribution in [0.3, 0.4) is 0 Å². The van der Waals surface area contributed by atoms with Crippen molar-refractivity contribution < 1.29 is 9.21 Å². The number of rotatable bonds is 5. The lowest BCUT2D eigenvalue weighted by molar-refractivity contribution is -0.111. The Labute approximate surface area is 209 Å². The lowest BCUT2D eigenvalue weighted by Gasteiger charge is -2.04. The maximum Gasteiger partial charge on any atom is 0.248 e. The second-order valence-corrected chi connectivity index (χ2v) is 8.46. The smallest absolute Gasteiger partial charge is 0.248 e. The molecule has 1 amide bonds. The number of anilines is 1. The van der Waals surface area contributed by atoms with Gasteiger partial charge in [0.15, 0.2) is 0 Å². The van der Waals surface area contributed by atoms with Crippen molar-refractivity contribution in [1.82, 2.24) is 15.0 Å². The van der Waals surface area contributed by atoms with Crippen molar-refractivity contribution in [3.8, 4) is 17.0 Å². The fraction of sp³-hybridized carbons (Fsp3) is 0. The standard InChI is InChI=1S/C25H15Cl3N4O2/c26-18-8-4-7-17(25(18)28)23-11-9-16(34-23)10-12-24(33)29-20-14-22-21(13-19(20)27)30-32(31-22)15-5-2-1-3-6-15/h1-14H,(H,29,33)/b12-10+. The predicted octanol–water partition coefficient (Wildman–Crippen LogP) is 7.29. The number of furan rings is 1. The number of halogens is 3. The highest BCUT2D eigenvalue weighted by Crippen LogP contribution is 2.34. The molecule has 0 saturated heterocycles. The molecule has 0 spiro atoms. The van der Waals surface area contributed by atoms with Crippen molar-refractivity contribution in [3.63, 3.8) is 0 Å². The number of benzene rings is 3. The number of nitrogens with zero attached hydrogens (tertiary/aromatic N) is 3. The lowest BCUT2D eigenvalue weighted by atomic mass is 10.2. The number of nitrogens with one attached hydrogen (secondary N) is 1. The molecule has 34 heavy (non-hydrogen) atoms. The summed E-state index contributed by atoms with van der Waals surface area (Å²) in [5, 5.41) is 12.9. The first-order valence-corrected chi connectivity index (χ1v) is 11.3. The SMILES string of the molecule is O=C(/C=C/c1ccc(-c2cccc(Cl)c2Cl)o1)Nc1cc2nn(-c3ccccc3)nc2cc1Cl. The van der Waals surface area contributed by atoms with Crippen LogP contribution in [0.5, 0.6) is 0 Å². The van der Waals surface area contributed by atoms with Crippen molar-refractivity contribution in [1.29, 1.82) is 0 Å². The summed E-state index contributed by atoms with van der Waals surface area (Å²) in [5.74, 6) is 0.645. The molecule has 3 aromatic carbocycles. The predicted molar refractivity (Wildman–Crippen MR) is 136 cm³/mol. The summed E-state index contributed by atoms with van der Waals surface area (Å²) in [6.07, 6.45) is 2.90. The van der Waals surface area contributed by atoms with Gasteiger partial charge in [0, 0.05) is 11.6 Å². The molecular weight excluding hydrogens is 495 g/mol. The van der Waals surface area contributed by atoms with Crippen molar-refractivity contribution in [2.45, 2.75) is 0 Å². The van der Waals surface area contributed by atoms with E-state index >= 15 is 0 Å². The number of para-hydroxylation sites is 1. The highest BCUT2D eigenvalue weighted by Gasteiger charge is 2.12. The summed E-state index contributed by atoms with van der Waals surface area (Å²) < 4.78 is 5.78. The van der Waals surface area contributed by atoms with Gasteiger partial charge < -0.3 is 9.73 Å². The van der Waals surface area contributed by atoms with Crippen LogP contribution in [-0.2, 0) is 4.79 Å². The van der Waals surface area contributed by atoms with Gasteiger partial charge >= 0.3 is 0 Å². The van der Waals surface area contributed by atoms with E-state index in [0.717, 1.165) is 5.69 Å². The van der Waals surface area contributed by atoms with Crippen LogP contribution in [0.15, 0.2) is 83.3 Å². The Morgan fingerprint density at radius 3 is 2.44 bits per heavy atom. The number of aromatic nitrogens is 3. The van der Waals surface area contributed by atoms with Crippen LogP contribution in [0, 0.1) is 0 Å². The Balaban J connectivity index is 1.32. The fourth-order valence-electron chi connectivity index (χ4n) is 3.32. The van der Waals surface area contributed by atoms with E-state index in [-0.39, 0.29) is 5.91 Å². The summed E-state index contributed by atoms with van der Waals surface area (Å²) in [7, 11) is 0. The van der Waals surface area contributed by atoms with E-state index in [2.05, 4.69) is 15.5 Å². The van der Waals surface area contributed by atoms with Crippen molar-refractivity contribution in [2.24, 2.45) is 0 Å². The van der Waals surface area contributed by atoms with Gasteiger partial charge in [0.1, 0.15) is 22.6 Å². The normalized spacial score (nSPS) is 11.4. The quantitative estimate of drug-likeness (QED) is 0.252. The fourth-order valence-corrected chi connectivity index (χ4v) is 3.92. The van der Waals surface area contributed by atoms with Gasteiger partial charge in [0.05, 0.1) is 26.4 Å². The first-order chi connectivity index (χ1) is 16.5. The second kappa shape index (κ2) is 9.35. The van der Waals surface area contributed by atoms with Crippen LogP contribution in [0.2, 0.25) is 15.1 Å². The van der Waals surface area contributed by atoms with Gasteiger partial charge in [-0.2, -0.15) is 4.80 Å². The topological polar surface area (TPSA) is 73.0 Å². The van der Waals surface area contributed by atoms with Gasteiger partial charge in [-0.15, -0.1) is 10.2 Å². The van der Waals surface area contributed by atoms with Crippen LogP contribution >= 0.6 is 34.8 Å². The molecule has 0 aliphatic rings. The molecule has 5 aromatic rings. The number of amides is 1. The minimum atomic E-state index is -0.379. The van der Waals surface area contributed by atoms with Gasteiger partial charge in [-0.3, -0.25) is 4.79 Å². The largest absolute Gasteiger partial charge is 0.457 e. The third-order valence-corrected chi connectivity index (χ3v) is 6.09. The molecule has 2 aromatic heterocycles. The highest BCUT2D eigenvalue weighted by atomic mass is 35.5. The van der Waals surface area contributed by atoms with E-state index < -0.39 is 0 Å². The minimum Gasteiger partial charge on any atom is -0.457 e. The second-order valence-electron chi connectivity index (χ2n) is 7.27. The Hall–Kier alpha value is -3.58. The third-order valence-electron chi connectivity index (χ3n) is 4.96. The van der Waals surface area contributed by atoms with Crippen molar-refractivity contribution in [2.75, 3.05) is 5.32 Å². The summed E-state index contributed by atoms with van der Waals surface area (Å²) in [6, 6.07) is 21.6. The van der Waals surface area contributed by atoms with Gasteiger partial charge in [0.25, 0.3) is 0 Å². The van der Waals surface area contributed by atoms with E-state index in [1.165, 1.54) is 10.9 Å². The van der Waals surface area contributed by atoms with Crippen molar-refractivity contribution in [3.05, 3.63) is 99.7 Å². The average Bonchev–Trinajstić information content (AvgIpc) is 3.47. The van der Waals surface area contributed by atoms with E-state index in [9.17, 15) is 4.79 Å². The number of carbonyl (C=O) groups is 1. The van der Waals surface area contributed by atoms with Crippen LogP contribution in [0.4, 0.5) is 5.69 Å². The highest BCUT2D eigenvalue weighted by molar-refractivity contribution is 6.43. The van der Waals surface area contributed by atoms with Crippen LogP contribution in [0.1, 0.15) is 5.76 Å². The van der Waals surface area contributed by atoms with Gasteiger partial charge in [-0.1, -0.05) is 59.1 Å². The van der Waals surface area contributed by atoms with E-state index in [1.807, 2.05) is 30.3 Å². The van der Waals surface area contributed by atoms with Crippen LogP contribution in [0.25, 0.3) is 34.1 Å². The zero-order chi connectivity index (χ0) is 23.7. The van der Waals surface area contributed by atoms with E-state index in [4.69, 9.17) is 39.2 Å².